The Morgan fingerprint density at radius 1 is 1.26 bits per heavy atom. The molecule has 3 rings (SSSR count). The zero-order valence-corrected chi connectivity index (χ0v) is 17.0. The van der Waals surface area contributed by atoms with Crippen LogP contribution in [-0.4, -0.2) is 49.2 Å². The van der Waals surface area contributed by atoms with Crippen LogP contribution in [0, 0.1) is 0 Å². The van der Waals surface area contributed by atoms with Gasteiger partial charge in [0.1, 0.15) is 11.4 Å². The van der Waals surface area contributed by atoms with E-state index in [9.17, 15) is 9.59 Å². The Balaban J connectivity index is 1.48. The molecule has 2 aromatic rings. The topological polar surface area (TPSA) is 92.8 Å². The molecule has 10 heteroatoms. The van der Waals surface area contributed by atoms with E-state index in [1.807, 2.05) is 12.1 Å². The van der Waals surface area contributed by atoms with Crippen molar-refractivity contribution in [1.29, 1.82) is 0 Å². The van der Waals surface area contributed by atoms with Crippen LogP contribution < -0.4 is 20.5 Å². The van der Waals surface area contributed by atoms with E-state index >= 15 is 0 Å². The van der Waals surface area contributed by atoms with Gasteiger partial charge in [-0.1, -0.05) is 15.9 Å². The van der Waals surface area contributed by atoms with Gasteiger partial charge in [-0.05, 0) is 31.2 Å². The first kappa shape index (κ1) is 19.6. The summed E-state index contributed by atoms with van der Waals surface area (Å²) in [4.78, 5) is 30.7. The summed E-state index contributed by atoms with van der Waals surface area (Å²) in [5.41, 5.74) is 4.98. The van der Waals surface area contributed by atoms with Crippen LogP contribution >= 0.6 is 27.3 Å². The molecule has 1 aliphatic heterocycles. The van der Waals surface area contributed by atoms with Crippen LogP contribution in [0.3, 0.4) is 0 Å². The number of amides is 2. The Morgan fingerprint density at radius 3 is 2.67 bits per heavy atom. The highest BCUT2D eigenvalue weighted by Crippen LogP contribution is 2.21. The highest BCUT2D eigenvalue weighted by atomic mass is 79.9. The third kappa shape index (κ3) is 5.41. The predicted octanol–water partition coefficient (Wildman–Crippen LogP) is 1.97. The first-order chi connectivity index (χ1) is 13.0. The average molecular weight is 455 g/mol. The molecule has 2 heterocycles. The van der Waals surface area contributed by atoms with Gasteiger partial charge in [0, 0.05) is 22.9 Å². The maximum absolute atomic E-state index is 12.2. The van der Waals surface area contributed by atoms with Gasteiger partial charge in [0.2, 0.25) is 0 Å². The number of hydrazine groups is 1. The molecule has 1 fully saturated rings. The summed E-state index contributed by atoms with van der Waals surface area (Å²) in [6, 6.07) is 7.12. The number of nitrogens with one attached hydrogen (secondary N) is 2. The summed E-state index contributed by atoms with van der Waals surface area (Å²) < 4.78 is 11.8. The number of hydrogen-bond acceptors (Lipinski definition) is 7. The maximum Gasteiger partial charge on any atom is 0.289 e. The number of rotatable bonds is 5. The van der Waals surface area contributed by atoms with E-state index in [1.165, 1.54) is 11.3 Å². The number of aromatic nitrogens is 1. The molecule has 27 heavy (non-hydrogen) atoms. The van der Waals surface area contributed by atoms with Crippen LogP contribution in [0.25, 0.3) is 0 Å². The smallest absolute Gasteiger partial charge is 0.289 e. The van der Waals surface area contributed by atoms with Crippen molar-refractivity contribution in [2.24, 2.45) is 0 Å². The molecule has 0 radical (unpaired) electrons. The van der Waals surface area contributed by atoms with Crippen molar-refractivity contribution in [3.63, 3.8) is 0 Å². The molecule has 2 N–H and O–H groups in total. The minimum atomic E-state index is -0.772. The molecule has 0 aliphatic carbocycles. The maximum atomic E-state index is 12.2. The zero-order chi connectivity index (χ0) is 19.2. The lowest BCUT2D eigenvalue weighted by molar-refractivity contribution is -0.128. The second-order valence-corrected chi connectivity index (χ2v) is 7.52. The van der Waals surface area contributed by atoms with Crippen molar-refractivity contribution in [1.82, 2.24) is 15.8 Å². The van der Waals surface area contributed by atoms with Crippen molar-refractivity contribution >= 4 is 44.2 Å². The molecule has 1 saturated heterocycles. The summed E-state index contributed by atoms with van der Waals surface area (Å²) in [5, 5.41) is 2.43. The monoisotopic (exact) mass is 454 g/mol. The summed E-state index contributed by atoms with van der Waals surface area (Å²) >= 11 is 4.72. The van der Waals surface area contributed by atoms with Crippen molar-refractivity contribution < 1.29 is 19.1 Å². The molecular formula is C17H19BrN4O4S. The zero-order valence-electron chi connectivity index (χ0n) is 14.6. The molecule has 2 amide bonds. The van der Waals surface area contributed by atoms with E-state index in [0.717, 1.165) is 22.7 Å². The van der Waals surface area contributed by atoms with E-state index < -0.39 is 17.9 Å². The van der Waals surface area contributed by atoms with Gasteiger partial charge in [-0.2, -0.15) is 0 Å². The van der Waals surface area contributed by atoms with Gasteiger partial charge in [-0.3, -0.25) is 20.4 Å². The van der Waals surface area contributed by atoms with Crippen LogP contribution in [0.5, 0.6) is 5.75 Å². The van der Waals surface area contributed by atoms with Gasteiger partial charge in [-0.15, -0.1) is 11.3 Å². The summed E-state index contributed by atoms with van der Waals surface area (Å²) in [6.07, 6.45) is -0.772. The number of carbonyl (C=O) groups is 2. The number of anilines is 1. The lowest BCUT2D eigenvalue weighted by atomic mass is 10.3. The molecule has 1 aromatic carbocycles. The van der Waals surface area contributed by atoms with Gasteiger partial charge >= 0.3 is 0 Å². The lowest BCUT2D eigenvalue weighted by Crippen LogP contribution is -2.47. The van der Waals surface area contributed by atoms with E-state index in [4.69, 9.17) is 9.47 Å². The van der Waals surface area contributed by atoms with Crippen LogP contribution in [0.1, 0.15) is 17.4 Å². The Labute approximate surface area is 169 Å². The summed E-state index contributed by atoms with van der Waals surface area (Å²) in [5.74, 6) is -0.383. The second kappa shape index (κ2) is 9.16. The van der Waals surface area contributed by atoms with Gasteiger partial charge in [-0.25, -0.2) is 4.98 Å². The van der Waals surface area contributed by atoms with Crippen molar-refractivity contribution in [2.45, 2.75) is 13.0 Å². The SMILES string of the molecule is CC(Oc1ccc(Br)cc1)C(=O)NNC(=O)c1csc(N2CCOCC2)n1. The molecule has 144 valence electrons. The number of benzene rings is 1. The van der Waals surface area contributed by atoms with E-state index in [2.05, 4.69) is 36.7 Å². The standard InChI is InChI=1S/C17H19BrN4O4S/c1-11(26-13-4-2-12(18)3-5-13)15(23)20-21-16(24)14-10-27-17(19-14)22-6-8-25-9-7-22/h2-5,10-11H,6-9H2,1H3,(H,20,23)(H,21,24). The number of ether oxygens (including phenoxy) is 2. The highest BCUT2D eigenvalue weighted by molar-refractivity contribution is 9.10. The van der Waals surface area contributed by atoms with Crippen molar-refractivity contribution in [2.75, 3.05) is 31.2 Å². The minimum absolute atomic E-state index is 0.253. The fraction of sp³-hybridized carbons (Fsp3) is 0.353. The molecule has 0 bridgehead atoms. The molecule has 1 unspecified atom stereocenters. The first-order valence-electron chi connectivity index (χ1n) is 8.33. The number of hydrogen-bond donors (Lipinski definition) is 2. The van der Waals surface area contributed by atoms with Gasteiger partial charge in [0.25, 0.3) is 11.8 Å². The molecule has 1 aliphatic rings. The van der Waals surface area contributed by atoms with E-state index in [-0.39, 0.29) is 5.69 Å². The largest absolute Gasteiger partial charge is 0.481 e. The molecule has 1 aromatic heterocycles. The van der Waals surface area contributed by atoms with E-state index in [0.29, 0.717) is 19.0 Å². The lowest BCUT2D eigenvalue weighted by Gasteiger charge is -2.25. The number of carbonyl (C=O) groups excluding carboxylic acids is 2. The van der Waals surface area contributed by atoms with Gasteiger partial charge in [0.05, 0.1) is 13.2 Å². The van der Waals surface area contributed by atoms with Crippen molar-refractivity contribution in [3.05, 3.63) is 39.8 Å². The van der Waals surface area contributed by atoms with Crippen LogP contribution in [0.2, 0.25) is 0 Å². The Morgan fingerprint density at radius 2 is 1.96 bits per heavy atom. The third-order valence-corrected chi connectivity index (χ3v) is 5.23. The molecule has 8 nitrogen and oxygen atoms in total. The second-order valence-electron chi connectivity index (χ2n) is 5.77. The van der Waals surface area contributed by atoms with Crippen LogP contribution in [0.4, 0.5) is 5.13 Å². The fourth-order valence-corrected chi connectivity index (χ4v) is 3.45. The Kier molecular flexibility index (Phi) is 6.64. The predicted molar refractivity (Wildman–Crippen MR) is 105 cm³/mol. The normalized spacial score (nSPS) is 15.1. The van der Waals surface area contributed by atoms with E-state index in [1.54, 1.807) is 24.4 Å². The number of nitrogens with zero attached hydrogens (tertiary/aromatic N) is 2. The van der Waals surface area contributed by atoms with Gasteiger partial charge in [0.15, 0.2) is 11.2 Å². The van der Waals surface area contributed by atoms with Crippen LogP contribution in [0.15, 0.2) is 34.1 Å². The average Bonchev–Trinajstić information content (AvgIpc) is 3.18. The molecular weight excluding hydrogens is 436 g/mol. The number of halogens is 1. The Bertz CT molecular complexity index is 792. The molecule has 0 saturated carbocycles. The highest BCUT2D eigenvalue weighted by Gasteiger charge is 2.19. The van der Waals surface area contributed by atoms with Crippen LogP contribution in [-0.2, 0) is 9.53 Å². The quantitative estimate of drug-likeness (QED) is 0.670. The minimum Gasteiger partial charge on any atom is -0.481 e. The molecule has 0 spiro atoms. The Hall–Kier alpha value is -2.17. The molecule has 1 atom stereocenters. The fourth-order valence-electron chi connectivity index (χ4n) is 2.32. The number of thiazole rings is 1. The summed E-state index contributed by atoms with van der Waals surface area (Å²) in [7, 11) is 0. The summed E-state index contributed by atoms with van der Waals surface area (Å²) in [6.45, 7) is 4.39. The third-order valence-electron chi connectivity index (χ3n) is 3.80. The van der Waals surface area contributed by atoms with Crippen molar-refractivity contribution in [3.8, 4) is 5.75 Å². The number of morpholine rings is 1. The first-order valence-corrected chi connectivity index (χ1v) is 10.0. The van der Waals surface area contributed by atoms with Gasteiger partial charge < -0.3 is 14.4 Å².